The van der Waals surface area contributed by atoms with Crippen molar-refractivity contribution in [3.8, 4) is 0 Å². The van der Waals surface area contributed by atoms with Gasteiger partial charge >= 0.3 is 5.97 Å². The van der Waals surface area contributed by atoms with E-state index in [1.54, 1.807) is 0 Å². The number of carbonyl (C=O) groups is 1. The predicted octanol–water partition coefficient (Wildman–Crippen LogP) is -0.0220. The largest absolute Gasteiger partial charge is 0.478 e. The van der Waals surface area contributed by atoms with Crippen molar-refractivity contribution in [1.82, 2.24) is 4.90 Å². The van der Waals surface area contributed by atoms with Crippen LogP contribution in [0.4, 0.5) is 11.4 Å². The number of nitrogen functional groups attached to an aromatic ring is 1. The Morgan fingerprint density at radius 1 is 1.38 bits per heavy atom. The summed E-state index contributed by atoms with van der Waals surface area (Å²) in [5.41, 5.74) is 5.69. The van der Waals surface area contributed by atoms with Gasteiger partial charge in [0.25, 0.3) is 0 Å². The van der Waals surface area contributed by atoms with Crippen LogP contribution in [0.1, 0.15) is 16.8 Å². The molecule has 0 unspecified atom stereocenters. The maximum absolute atomic E-state index is 11.6. The Balaban J connectivity index is 3.10. The highest BCUT2D eigenvalue weighted by Crippen LogP contribution is 2.29. The van der Waals surface area contributed by atoms with Crippen LogP contribution in [0.5, 0.6) is 0 Å². The number of benzene rings is 1. The van der Waals surface area contributed by atoms with Crippen molar-refractivity contribution in [2.24, 2.45) is 5.14 Å². The summed E-state index contributed by atoms with van der Waals surface area (Å²) in [5.74, 6) is -1.27. The maximum atomic E-state index is 11.6. The zero-order chi connectivity index (χ0) is 16.2. The topological polar surface area (TPSA) is 139 Å². The predicted molar refractivity (Wildman–Crippen MR) is 80.8 cm³/mol. The molecule has 0 saturated heterocycles. The molecule has 0 aromatic heterocycles. The van der Waals surface area contributed by atoms with E-state index in [4.69, 9.17) is 16.0 Å². The second kappa shape index (κ2) is 6.74. The number of carboxylic acid groups (broad SMARTS) is 1. The first-order chi connectivity index (χ1) is 9.62. The van der Waals surface area contributed by atoms with Gasteiger partial charge < -0.3 is 21.1 Å². The number of hydrogen-bond donors (Lipinski definition) is 4. The van der Waals surface area contributed by atoms with Crippen molar-refractivity contribution in [1.29, 1.82) is 0 Å². The van der Waals surface area contributed by atoms with E-state index in [1.807, 2.05) is 19.0 Å². The number of nitrogens with one attached hydrogen (secondary N) is 1. The summed E-state index contributed by atoms with van der Waals surface area (Å²) >= 11 is 0. The van der Waals surface area contributed by atoms with Gasteiger partial charge in [-0.15, -0.1) is 0 Å². The first kappa shape index (κ1) is 17.2. The Hall–Kier alpha value is -1.84. The van der Waals surface area contributed by atoms with Gasteiger partial charge in [0.15, 0.2) is 0 Å². The average Bonchev–Trinajstić information content (AvgIpc) is 2.33. The molecule has 9 heteroatoms. The fourth-order valence-electron chi connectivity index (χ4n) is 1.78. The van der Waals surface area contributed by atoms with Crippen LogP contribution in [-0.4, -0.2) is 51.6 Å². The van der Waals surface area contributed by atoms with E-state index in [9.17, 15) is 13.2 Å². The molecule has 0 amide bonds. The number of sulfonamides is 1. The molecule has 0 atom stereocenters. The van der Waals surface area contributed by atoms with E-state index >= 15 is 0 Å². The fraction of sp³-hybridized carbons (Fsp3) is 0.417. The monoisotopic (exact) mass is 316 g/mol. The molecule has 0 aliphatic carbocycles. The lowest BCUT2D eigenvalue weighted by molar-refractivity contribution is 0.0696. The lowest BCUT2D eigenvalue weighted by Crippen LogP contribution is -2.20. The third-order valence-corrected chi connectivity index (χ3v) is 3.71. The molecular formula is C12H20N4O4S. The number of carboxylic acids is 1. The Morgan fingerprint density at radius 2 is 2.00 bits per heavy atom. The normalized spacial score (nSPS) is 11.6. The fourth-order valence-corrected chi connectivity index (χ4v) is 2.55. The van der Waals surface area contributed by atoms with Crippen LogP contribution in [0, 0.1) is 0 Å². The van der Waals surface area contributed by atoms with Crippen LogP contribution >= 0.6 is 0 Å². The van der Waals surface area contributed by atoms with Gasteiger partial charge in [-0.2, -0.15) is 0 Å². The second-order valence-corrected chi connectivity index (χ2v) is 6.40. The number of anilines is 2. The number of primary sulfonamides is 1. The molecule has 0 heterocycles. The van der Waals surface area contributed by atoms with E-state index in [0.29, 0.717) is 6.54 Å². The molecule has 0 saturated carbocycles. The van der Waals surface area contributed by atoms with Crippen LogP contribution in [0.25, 0.3) is 0 Å². The molecule has 0 aliphatic heterocycles. The molecule has 21 heavy (non-hydrogen) atoms. The molecular weight excluding hydrogens is 296 g/mol. The van der Waals surface area contributed by atoms with E-state index in [2.05, 4.69) is 5.32 Å². The van der Waals surface area contributed by atoms with Crippen LogP contribution < -0.4 is 16.2 Å². The van der Waals surface area contributed by atoms with Gasteiger partial charge in [0, 0.05) is 6.54 Å². The van der Waals surface area contributed by atoms with Gasteiger partial charge in [0.2, 0.25) is 10.0 Å². The first-order valence-corrected chi connectivity index (χ1v) is 7.75. The smallest absolute Gasteiger partial charge is 0.335 e. The van der Waals surface area contributed by atoms with Crippen LogP contribution in [0.2, 0.25) is 0 Å². The Morgan fingerprint density at radius 3 is 2.48 bits per heavy atom. The first-order valence-electron chi connectivity index (χ1n) is 6.21. The van der Waals surface area contributed by atoms with Gasteiger partial charge in [-0.3, -0.25) is 0 Å². The number of nitrogens with two attached hydrogens (primary N) is 2. The summed E-state index contributed by atoms with van der Waals surface area (Å²) in [7, 11) is -0.237. The second-order valence-electron chi connectivity index (χ2n) is 4.87. The summed E-state index contributed by atoms with van der Waals surface area (Å²) < 4.78 is 23.2. The summed E-state index contributed by atoms with van der Waals surface area (Å²) in [6, 6.07) is 2.20. The molecule has 0 aliphatic rings. The van der Waals surface area contributed by atoms with Crippen molar-refractivity contribution in [2.75, 3.05) is 38.2 Å². The van der Waals surface area contributed by atoms with Crippen LogP contribution in [0.15, 0.2) is 17.0 Å². The molecule has 1 rings (SSSR count). The number of aromatic carboxylic acids is 1. The van der Waals surface area contributed by atoms with E-state index in [-0.39, 0.29) is 21.8 Å². The third kappa shape index (κ3) is 4.88. The molecule has 6 N–H and O–H groups in total. The Kier molecular flexibility index (Phi) is 5.53. The molecule has 8 nitrogen and oxygen atoms in total. The molecule has 1 aromatic carbocycles. The third-order valence-electron chi connectivity index (χ3n) is 2.77. The lowest BCUT2D eigenvalue weighted by atomic mass is 10.1. The van der Waals surface area contributed by atoms with Gasteiger partial charge in [-0.05, 0) is 39.2 Å². The van der Waals surface area contributed by atoms with Gasteiger partial charge in [-0.1, -0.05) is 0 Å². The lowest BCUT2D eigenvalue weighted by Gasteiger charge is -2.15. The minimum Gasteiger partial charge on any atom is -0.478 e. The van der Waals surface area contributed by atoms with Crippen molar-refractivity contribution < 1.29 is 18.3 Å². The van der Waals surface area contributed by atoms with Crippen molar-refractivity contribution in [2.45, 2.75) is 11.3 Å². The minimum absolute atomic E-state index is 0.0313. The SMILES string of the molecule is CN(C)CCCNc1c(N)cc(C(=O)O)cc1S(N)(=O)=O. The minimum atomic E-state index is -4.08. The zero-order valence-electron chi connectivity index (χ0n) is 12.0. The summed E-state index contributed by atoms with van der Waals surface area (Å²) in [5, 5.41) is 17.0. The quantitative estimate of drug-likeness (QED) is 0.409. The van der Waals surface area contributed by atoms with Gasteiger partial charge in [0.1, 0.15) is 4.90 Å². The average molecular weight is 316 g/mol. The van der Waals surface area contributed by atoms with Crippen molar-refractivity contribution in [3.05, 3.63) is 17.7 Å². The summed E-state index contributed by atoms with van der Waals surface area (Å²) in [4.78, 5) is 12.6. The molecule has 118 valence electrons. The van der Waals surface area contributed by atoms with E-state index < -0.39 is 16.0 Å². The van der Waals surface area contributed by atoms with Crippen molar-refractivity contribution >= 4 is 27.4 Å². The van der Waals surface area contributed by atoms with Crippen molar-refractivity contribution in [3.63, 3.8) is 0 Å². The molecule has 1 aromatic rings. The highest BCUT2D eigenvalue weighted by atomic mass is 32.2. The molecule has 0 radical (unpaired) electrons. The Bertz CT molecular complexity index is 628. The molecule has 0 spiro atoms. The molecule has 0 bridgehead atoms. The summed E-state index contributed by atoms with van der Waals surface area (Å²) in [6.07, 6.45) is 0.761. The summed E-state index contributed by atoms with van der Waals surface area (Å²) in [6.45, 7) is 1.29. The Labute approximate surface area is 123 Å². The van der Waals surface area contributed by atoms with E-state index in [0.717, 1.165) is 19.0 Å². The highest BCUT2D eigenvalue weighted by Gasteiger charge is 2.20. The van der Waals surface area contributed by atoms with Crippen LogP contribution in [-0.2, 0) is 10.0 Å². The van der Waals surface area contributed by atoms with E-state index in [1.165, 1.54) is 6.07 Å². The zero-order valence-corrected chi connectivity index (χ0v) is 12.8. The number of rotatable bonds is 7. The highest BCUT2D eigenvalue weighted by molar-refractivity contribution is 7.89. The number of nitrogens with zero attached hydrogens (tertiary/aromatic N) is 1. The maximum Gasteiger partial charge on any atom is 0.335 e. The van der Waals surface area contributed by atoms with Gasteiger partial charge in [-0.25, -0.2) is 18.4 Å². The van der Waals surface area contributed by atoms with Gasteiger partial charge in [0.05, 0.1) is 16.9 Å². The number of hydrogen-bond acceptors (Lipinski definition) is 6. The molecule has 0 fully saturated rings. The van der Waals surface area contributed by atoms with Crippen LogP contribution in [0.3, 0.4) is 0 Å². The standard InChI is InChI=1S/C12H20N4O4S/c1-16(2)5-3-4-15-11-9(13)6-8(12(17)18)7-10(11)21(14,19)20/h6-7,15H,3-5,13H2,1-2H3,(H,17,18)(H2,14,19,20).